The quantitative estimate of drug-likeness (QED) is 0.207. The number of nitrogens with zero attached hydrogens (tertiary/aromatic N) is 1. The molecule has 0 spiro atoms. The molecule has 0 unspecified atom stereocenters. The van der Waals surface area contributed by atoms with Crippen molar-refractivity contribution in [1.82, 2.24) is 4.57 Å². The summed E-state index contributed by atoms with van der Waals surface area (Å²) in [6.07, 6.45) is 6.88. The molecule has 1 heteroatoms. The summed E-state index contributed by atoms with van der Waals surface area (Å²) in [7, 11) is 0. The zero-order valence-electron chi connectivity index (χ0n) is 24.0. The molecule has 9 rings (SSSR count). The fraction of sp³-hybridized carbons (Fsp3) is 0.122. The molecule has 0 saturated carbocycles. The van der Waals surface area contributed by atoms with Gasteiger partial charge in [-0.3, -0.25) is 0 Å². The van der Waals surface area contributed by atoms with Crippen LogP contribution in [0.3, 0.4) is 0 Å². The highest BCUT2D eigenvalue weighted by Gasteiger charge is 2.35. The van der Waals surface area contributed by atoms with Crippen LogP contribution in [0.4, 0.5) is 0 Å². The van der Waals surface area contributed by atoms with Gasteiger partial charge in [0.25, 0.3) is 0 Å². The number of aryl methyl sites for hydroxylation is 1. The fourth-order valence-corrected chi connectivity index (χ4v) is 7.74. The molecular weight excluding hydrogens is 506 g/mol. The molecule has 200 valence electrons. The van der Waals surface area contributed by atoms with Crippen LogP contribution in [0.2, 0.25) is 0 Å². The van der Waals surface area contributed by atoms with E-state index in [1.807, 2.05) is 0 Å². The van der Waals surface area contributed by atoms with Crippen molar-refractivity contribution < 1.29 is 0 Å². The summed E-state index contributed by atoms with van der Waals surface area (Å²) >= 11 is 0. The number of rotatable bonds is 2. The van der Waals surface area contributed by atoms with Crippen molar-refractivity contribution >= 4 is 38.7 Å². The highest BCUT2D eigenvalue weighted by Crippen LogP contribution is 2.50. The maximum absolute atomic E-state index is 2.53. The van der Waals surface area contributed by atoms with E-state index in [-0.39, 0.29) is 5.41 Å². The van der Waals surface area contributed by atoms with E-state index in [1.54, 1.807) is 0 Å². The topological polar surface area (TPSA) is 4.93 Å². The van der Waals surface area contributed by atoms with E-state index >= 15 is 0 Å². The Hall–Kier alpha value is -4.88. The Morgan fingerprint density at radius 2 is 1.40 bits per heavy atom. The molecule has 1 nitrogen and oxygen atoms in total. The molecule has 1 aromatic heterocycles. The van der Waals surface area contributed by atoms with Gasteiger partial charge in [0, 0.05) is 16.2 Å². The smallest absolute Gasteiger partial charge is 0.0582 e. The molecule has 0 fully saturated rings. The summed E-state index contributed by atoms with van der Waals surface area (Å²) in [5.74, 6) is 0. The first kappa shape index (κ1) is 23.8. The third kappa shape index (κ3) is 3.20. The van der Waals surface area contributed by atoms with Crippen LogP contribution in [-0.4, -0.2) is 4.57 Å². The molecule has 1 aliphatic carbocycles. The second-order valence-corrected chi connectivity index (χ2v) is 12.5. The van der Waals surface area contributed by atoms with Gasteiger partial charge < -0.3 is 4.57 Å². The van der Waals surface area contributed by atoms with Gasteiger partial charge in [-0.25, -0.2) is 0 Å². The zero-order valence-corrected chi connectivity index (χ0v) is 24.0. The van der Waals surface area contributed by atoms with Crippen molar-refractivity contribution in [3.8, 4) is 27.9 Å². The molecule has 7 aromatic rings. The predicted octanol–water partition coefficient (Wildman–Crippen LogP) is 10.9. The molecule has 42 heavy (non-hydrogen) atoms. The van der Waals surface area contributed by atoms with E-state index in [4.69, 9.17) is 0 Å². The highest BCUT2D eigenvalue weighted by atomic mass is 15.0. The fourth-order valence-electron chi connectivity index (χ4n) is 7.74. The largest absolute Gasteiger partial charge is 0.309 e. The lowest BCUT2D eigenvalue weighted by atomic mass is 9.74. The van der Waals surface area contributed by atoms with Gasteiger partial charge >= 0.3 is 0 Å². The summed E-state index contributed by atoms with van der Waals surface area (Å²) in [6.45, 7) is 4.78. The third-order valence-electron chi connectivity index (χ3n) is 9.83. The molecule has 0 bridgehead atoms. The number of benzene rings is 6. The monoisotopic (exact) mass is 537 g/mol. The van der Waals surface area contributed by atoms with Crippen LogP contribution < -0.4 is 0 Å². The predicted molar refractivity (Wildman–Crippen MR) is 179 cm³/mol. The molecule has 0 N–H and O–H groups in total. The highest BCUT2D eigenvalue weighted by molar-refractivity contribution is 6.14. The van der Waals surface area contributed by atoms with Crippen LogP contribution in [0.1, 0.15) is 42.5 Å². The first-order chi connectivity index (χ1) is 20.6. The van der Waals surface area contributed by atoms with Gasteiger partial charge in [0.15, 0.2) is 0 Å². The molecule has 0 atom stereocenters. The minimum atomic E-state index is -0.133. The average Bonchev–Trinajstić information content (AvgIpc) is 3.37. The van der Waals surface area contributed by atoms with Crippen LogP contribution >= 0.6 is 0 Å². The van der Waals surface area contributed by atoms with Gasteiger partial charge in [0.05, 0.1) is 16.7 Å². The van der Waals surface area contributed by atoms with Crippen molar-refractivity contribution in [2.24, 2.45) is 0 Å². The van der Waals surface area contributed by atoms with Gasteiger partial charge in [0.2, 0.25) is 0 Å². The average molecular weight is 538 g/mol. The van der Waals surface area contributed by atoms with E-state index in [9.17, 15) is 0 Å². The number of aromatic nitrogens is 1. The lowest BCUT2D eigenvalue weighted by Gasteiger charge is -2.35. The van der Waals surface area contributed by atoms with E-state index in [0.717, 1.165) is 12.8 Å². The van der Waals surface area contributed by atoms with Crippen LogP contribution in [0.15, 0.2) is 121 Å². The van der Waals surface area contributed by atoms with E-state index in [0.29, 0.717) is 0 Å². The SMILES string of the molecule is CC1(C)c2ccccc2-n2c3ccc(-c4cccc5c4C=CCC5)cc3c3cc(-c4cccc5ccccc45)cc1c32. The van der Waals surface area contributed by atoms with Crippen LogP contribution in [0, 0.1) is 0 Å². The second-order valence-electron chi connectivity index (χ2n) is 12.5. The maximum Gasteiger partial charge on any atom is 0.0582 e. The Morgan fingerprint density at radius 3 is 2.36 bits per heavy atom. The first-order valence-corrected chi connectivity index (χ1v) is 15.1. The van der Waals surface area contributed by atoms with Gasteiger partial charge in [0.1, 0.15) is 0 Å². The Balaban J connectivity index is 1.41. The lowest BCUT2D eigenvalue weighted by molar-refractivity contribution is 0.630. The number of hydrogen-bond acceptors (Lipinski definition) is 0. The van der Waals surface area contributed by atoms with Gasteiger partial charge in [-0.05, 0) is 98.5 Å². The van der Waals surface area contributed by atoms with Crippen molar-refractivity contribution in [3.63, 3.8) is 0 Å². The van der Waals surface area contributed by atoms with Crippen LogP contribution in [0.5, 0.6) is 0 Å². The molecule has 0 saturated heterocycles. The molecule has 0 amide bonds. The normalized spacial score (nSPS) is 14.8. The van der Waals surface area contributed by atoms with Crippen molar-refractivity contribution in [2.75, 3.05) is 0 Å². The van der Waals surface area contributed by atoms with Gasteiger partial charge in [-0.1, -0.05) is 111 Å². The number of hydrogen-bond donors (Lipinski definition) is 0. The van der Waals surface area contributed by atoms with Crippen molar-refractivity contribution in [2.45, 2.75) is 32.1 Å². The molecular formula is C41H31N. The number of fused-ring (bicyclic) bond motifs is 7. The second kappa shape index (κ2) is 8.57. The van der Waals surface area contributed by atoms with Crippen molar-refractivity contribution in [1.29, 1.82) is 0 Å². The molecule has 0 radical (unpaired) electrons. The molecule has 6 aromatic carbocycles. The van der Waals surface area contributed by atoms with E-state index < -0.39 is 0 Å². The number of para-hydroxylation sites is 1. The summed E-state index contributed by atoms with van der Waals surface area (Å²) in [5.41, 5.74) is 14.5. The Labute approximate surface area is 246 Å². The van der Waals surface area contributed by atoms with Crippen LogP contribution in [0.25, 0.3) is 66.6 Å². The minimum Gasteiger partial charge on any atom is -0.309 e. The summed E-state index contributed by atoms with van der Waals surface area (Å²) < 4.78 is 2.53. The molecule has 2 aliphatic rings. The van der Waals surface area contributed by atoms with E-state index in [2.05, 4.69) is 146 Å². The Morgan fingerprint density at radius 1 is 0.619 bits per heavy atom. The zero-order chi connectivity index (χ0) is 28.0. The number of allylic oxidation sites excluding steroid dienone is 1. The van der Waals surface area contributed by atoms with Gasteiger partial charge in [-0.2, -0.15) is 0 Å². The lowest BCUT2D eigenvalue weighted by Crippen LogP contribution is -2.26. The van der Waals surface area contributed by atoms with Crippen molar-refractivity contribution in [3.05, 3.63) is 144 Å². The van der Waals surface area contributed by atoms with Gasteiger partial charge in [-0.15, -0.1) is 0 Å². The first-order valence-electron chi connectivity index (χ1n) is 15.1. The summed E-state index contributed by atoms with van der Waals surface area (Å²) in [5, 5.41) is 5.22. The Kier molecular flexibility index (Phi) is 4.85. The summed E-state index contributed by atoms with van der Waals surface area (Å²) in [6, 6.07) is 43.3. The summed E-state index contributed by atoms with van der Waals surface area (Å²) in [4.78, 5) is 0. The van der Waals surface area contributed by atoms with E-state index in [1.165, 1.54) is 82.8 Å². The third-order valence-corrected chi connectivity index (χ3v) is 9.83. The standard InChI is InChI=1S/C41H31N/c1-41(2)36-19-7-8-20-39(36)42-38-22-21-28(32-17-9-13-26-11-3-5-15-30(26)32)23-34(38)35-24-29(25-37(41)40(35)42)33-18-10-14-27-12-4-6-16-31(27)33/h4-10,12-25H,3,11H2,1-2H3. The Bertz CT molecular complexity index is 2270. The van der Waals surface area contributed by atoms with Crippen LogP contribution in [-0.2, 0) is 11.8 Å². The molecule has 1 aliphatic heterocycles. The minimum absolute atomic E-state index is 0.133. The maximum atomic E-state index is 2.53. The molecule has 2 heterocycles.